The number of benzene rings is 3. The zero-order chi connectivity index (χ0) is 27.9. The molecular weight excluding hydrogens is 504 g/mol. The number of imidazole rings is 1. The molecular formula is C31H36N6O3. The number of hydrogen-bond acceptors (Lipinski definition) is 5. The summed E-state index contributed by atoms with van der Waals surface area (Å²) >= 11 is 0. The van der Waals surface area contributed by atoms with E-state index in [4.69, 9.17) is 5.73 Å². The van der Waals surface area contributed by atoms with Crippen LogP contribution in [0.5, 0.6) is 0 Å². The number of H-pyrrole nitrogens is 1. The van der Waals surface area contributed by atoms with Crippen molar-refractivity contribution >= 4 is 39.5 Å². The Morgan fingerprint density at radius 1 is 1.02 bits per heavy atom. The van der Waals surface area contributed by atoms with Crippen molar-refractivity contribution in [2.45, 2.75) is 57.2 Å². The maximum absolute atomic E-state index is 13.4. The molecule has 9 nitrogen and oxygen atoms in total. The van der Waals surface area contributed by atoms with Crippen LogP contribution in [0.4, 0.5) is 0 Å². The van der Waals surface area contributed by atoms with Crippen molar-refractivity contribution in [3.8, 4) is 0 Å². The number of nitrogens with two attached hydrogens (primary N) is 1. The number of carbonyl (C=O) groups is 3. The normalized spacial score (nSPS) is 15.8. The minimum absolute atomic E-state index is 0.0805. The number of para-hydroxylation sites is 2. The summed E-state index contributed by atoms with van der Waals surface area (Å²) in [5.41, 5.74) is 8.34. The summed E-state index contributed by atoms with van der Waals surface area (Å²) < 4.78 is 0. The highest BCUT2D eigenvalue weighted by Crippen LogP contribution is 2.23. The lowest BCUT2D eigenvalue weighted by atomic mass is 10.0. The van der Waals surface area contributed by atoms with Crippen molar-refractivity contribution in [1.82, 2.24) is 25.5 Å². The van der Waals surface area contributed by atoms with E-state index in [9.17, 15) is 14.4 Å². The van der Waals surface area contributed by atoms with Crippen molar-refractivity contribution < 1.29 is 14.4 Å². The summed E-state index contributed by atoms with van der Waals surface area (Å²) in [6.45, 7) is 1.26. The third-order valence-corrected chi connectivity index (χ3v) is 7.55. The molecule has 2 atom stereocenters. The lowest BCUT2D eigenvalue weighted by Crippen LogP contribution is -2.53. The Bertz CT molecular complexity index is 1460. The van der Waals surface area contributed by atoms with Crippen LogP contribution in [-0.2, 0) is 27.3 Å². The monoisotopic (exact) mass is 540 g/mol. The molecule has 1 aliphatic rings. The van der Waals surface area contributed by atoms with Gasteiger partial charge >= 0.3 is 0 Å². The van der Waals surface area contributed by atoms with Gasteiger partial charge in [-0.2, -0.15) is 0 Å². The fraction of sp³-hybridized carbons (Fsp3) is 0.355. The van der Waals surface area contributed by atoms with Crippen molar-refractivity contribution in [3.63, 3.8) is 0 Å². The largest absolute Gasteiger partial charge is 0.347 e. The molecule has 3 amide bonds. The predicted octanol–water partition coefficient (Wildman–Crippen LogP) is 3.18. The molecule has 2 heterocycles. The average molecular weight is 541 g/mol. The zero-order valence-corrected chi connectivity index (χ0v) is 22.6. The number of aromatic amines is 1. The Labute approximate surface area is 233 Å². The van der Waals surface area contributed by atoms with E-state index in [1.165, 1.54) is 0 Å². The van der Waals surface area contributed by atoms with Crippen LogP contribution in [0.15, 0.2) is 66.7 Å². The van der Waals surface area contributed by atoms with Gasteiger partial charge in [-0.05, 0) is 67.1 Å². The van der Waals surface area contributed by atoms with E-state index in [2.05, 4.69) is 20.6 Å². The Kier molecular flexibility index (Phi) is 8.71. The van der Waals surface area contributed by atoms with E-state index in [-0.39, 0.29) is 30.7 Å². The number of fused-ring (bicyclic) bond motifs is 2. The Morgan fingerprint density at radius 3 is 2.67 bits per heavy atom. The maximum atomic E-state index is 13.4. The van der Waals surface area contributed by atoms with Gasteiger partial charge in [-0.3, -0.25) is 14.4 Å². The molecule has 0 spiro atoms. The molecule has 9 heteroatoms. The number of rotatable bonds is 11. The first-order chi connectivity index (χ1) is 19.5. The van der Waals surface area contributed by atoms with Crippen LogP contribution < -0.4 is 16.4 Å². The van der Waals surface area contributed by atoms with Gasteiger partial charge in [-0.25, -0.2) is 4.98 Å². The van der Waals surface area contributed by atoms with E-state index in [1.807, 2.05) is 66.7 Å². The van der Waals surface area contributed by atoms with Gasteiger partial charge in [0, 0.05) is 6.54 Å². The molecule has 1 aromatic heterocycles. The van der Waals surface area contributed by atoms with Gasteiger partial charge in [0.1, 0.15) is 17.9 Å². The van der Waals surface area contributed by atoms with Crippen molar-refractivity contribution in [3.05, 3.63) is 78.1 Å². The second kappa shape index (κ2) is 12.7. The minimum atomic E-state index is -0.723. The molecule has 1 aliphatic heterocycles. The van der Waals surface area contributed by atoms with Gasteiger partial charge < -0.3 is 26.3 Å². The van der Waals surface area contributed by atoms with Crippen LogP contribution in [0.2, 0.25) is 0 Å². The van der Waals surface area contributed by atoms with Crippen molar-refractivity contribution in [2.24, 2.45) is 5.73 Å². The second-order valence-corrected chi connectivity index (χ2v) is 10.3. The number of unbranched alkanes of at least 4 members (excludes halogenated alkanes) is 1. The van der Waals surface area contributed by atoms with Gasteiger partial charge in [0.05, 0.1) is 24.0 Å². The lowest BCUT2D eigenvalue weighted by molar-refractivity contribution is -0.139. The van der Waals surface area contributed by atoms with Gasteiger partial charge in [0.25, 0.3) is 0 Å². The van der Waals surface area contributed by atoms with Crippen LogP contribution in [-0.4, -0.2) is 57.8 Å². The third-order valence-electron chi connectivity index (χ3n) is 7.55. The van der Waals surface area contributed by atoms with Gasteiger partial charge in [0.15, 0.2) is 0 Å². The van der Waals surface area contributed by atoms with E-state index in [1.54, 1.807) is 4.90 Å². The molecule has 5 N–H and O–H groups in total. The summed E-state index contributed by atoms with van der Waals surface area (Å²) in [4.78, 5) is 49.4. The molecule has 0 bridgehead atoms. The quantitative estimate of drug-likeness (QED) is 0.217. The fourth-order valence-electron chi connectivity index (χ4n) is 5.46. The molecule has 5 rings (SSSR count). The van der Waals surface area contributed by atoms with E-state index in [0.29, 0.717) is 38.2 Å². The highest BCUT2D eigenvalue weighted by Gasteiger charge is 2.35. The molecule has 40 heavy (non-hydrogen) atoms. The van der Waals surface area contributed by atoms with Crippen molar-refractivity contribution in [1.29, 1.82) is 0 Å². The van der Waals surface area contributed by atoms with Crippen LogP contribution in [0.25, 0.3) is 21.8 Å². The number of nitrogens with one attached hydrogen (secondary N) is 3. The van der Waals surface area contributed by atoms with Crippen LogP contribution >= 0.6 is 0 Å². The molecule has 3 aromatic carbocycles. The SMILES string of the molecule is NCCCC[C@H](NC(=O)[C@@H]1CCCN1C(=O)Cc1cccc2ccccc12)C(=O)NCc1nc2ccccc2[nH]1. The third kappa shape index (κ3) is 6.31. The van der Waals surface area contributed by atoms with E-state index < -0.39 is 12.1 Å². The summed E-state index contributed by atoms with van der Waals surface area (Å²) in [5.74, 6) is -0.0107. The van der Waals surface area contributed by atoms with Crippen LogP contribution in [0, 0.1) is 0 Å². The molecule has 1 fully saturated rings. The number of likely N-dealkylation sites (tertiary alicyclic amines) is 1. The minimum Gasteiger partial charge on any atom is -0.347 e. The summed E-state index contributed by atoms with van der Waals surface area (Å²) in [5, 5.41) is 7.97. The first-order valence-electron chi connectivity index (χ1n) is 14.0. The summed E-state index contributed by atoms with van der Waals surface area (Å²) in [6.07, 6.45) is 3.46. The van der Waals surface area contributed by atoms with Gasteiger partial charge in [-0.15, -0.1) is 0 Å². The standard InChI is InChI=1S/C31H36N6O3/c32-17-6-5-15-26(30(39)33-20-28-34-24-13-3-4-14-25(24)35-28)36-31(40)27-16-8-18-37(27)29(38)19-22-11-7-10-21-9-1-2-12-23(21)22/h1-4,7,9-14,26-27H,5-6,8,15-20,32H2,(H,33,39)(H,34,35)(H,36,40)/t26-,27-/m0/s1. The summed E-state index contributed by atoms with van der Waals surface area (Å²) in [7, 11) is 0. The maximum Gasteiger partial charge on any atom is 0.243 e. The first-order valence-corrected chi connectivity index (χ1v) is 14.0. The second-order valence-electron chi connectivity index (χ2n) is 10.3. The number of hydrogen-bond donors (Lipinski definition) is 4. The zero-order valence-electron chi connectivity index (χ0n) is 22.6. The van der Waals surface area contributed by atoms with Gasteiger partial charge in [-0.1, -0.05) is 54.6 Å². The molecule has 208 valence electrons. The smallest absolute Gasteiger partial charge is 0.243 e. The molecule has 0 radical (unpaired) electrons. The lowest BCUT2D eigenvalue weighted by Gasteiger charge is -2.26. The van der Waals surface area contributed by atoms with E-state index >= 15 is 0 Å². The Balaban J connectivity index is 1.23. The Morgan fingerprint density at radius 2 is 1.82 bits per heavy atom. The number of amides is 3. The average Bonchev–Trinajstić information content (AvgIpc) is 3.63. The number of carbonyl (C=O) groups excluding carboxylic acids is 3. The predicted molar refractivity (Wildman–Crippen MR) is 155 cm³/mol. The van der Waals surface area contributed by atoms with E-state index in [0.717, 1.165) is 40.2 Å². The van der Waals surface area contributed by atoms with Crippen LogP contribution in [0.1, 0.15) is 43.5 Å². The number of nitrogens with zero attached hydrogens (tertiary/aromatic N) is 2. The first kappa shape index (κ1) is 27.3. The molecule has 0 saturated carbocycles. The van der Waals surface area contributed by atoms with Crippen LogP contribution in [0.3, 0.4) is 0 Å². The fourth-order valence-corrected chi connectivity index (χ4v) is 5.46. The molecule has 1 saturated heterocycles. The highest BCUT2D eigenvalue weighted by atomic mass is 16.2. The molecule has 4 aromatic rings. The van der Waals surface area contributed by atoms with Crippen molar-refractivity contribution in [2.75, 3.05) is 13.1 Å². The number of aromatic nitrogens is 2. The highest BCUT2D eigenvalue weighted by molar-refractivity contribution is 5.94. The summed E-state index contributed by atoms with van der Waals surface area (Å²) in [6, 6.07) is 20.3. The van der Waals surface area contributed by atoms with Gasteiger partial charge in [0.2, 0.25) is 17.7 Å². The Hall–Kier alpha value is -4.24. The topological polar surface area (TPSA) is 133 Å². The molecule has 0 aliphatic carbocycles. The molecule has 0 unspecified atom stereocenters.